The highest BCUT2D eigenvalue weighted by Crippen LogP contribution is 2.32. The fourth-order valence-electron chi connectivity index (χ4n) is 3.42. The number of nitrogens with zero attached hydrogens (tertiary/aromatic N) is 3. The van der Waals surface area contributed by atoms with Crippen molar-refractivity contribution in [3.05, 3.63) is 55.8 Å². The van der Waals surface area contributed by atoms with Crippen LogP contribution in [0.3, 0.4) is 0 Å². The number of carbonyl (C=O) groups is 1. The van der Waals surface area contributed by atoms with Crippen LogP contribution in [0.5, 0.6) is 0 Å². The molecule has 1 amide bonds. The third kappa shape index (κ3) is 4.30. The maximum absolute atomic E-state index is 13.1. The topological polar surface area (TPSA) is 66.7 Å². The van der Waals surface area contributed by atoms with Crippen LogP contribution in [-0.2, 0) is 6.54 Å². The quantitative estimate of drug-likeness (QED) is 0.536. The monoisotopic (exact) mass is 387 g/mol. The Balaban J connectivity index is 1.89. The molecule has 2 aromatic rings. The Hall–Kier alpha value is -2.41. The summed E-state index contributed by atoms with van der Waals surface area (Å²) in [5.74, 6) is -0.174. The molecule has 1 saturated heterocycles. The molecule has 0 N–H and O–H groups in total. The molecule has 27 heavy (non-hydrogen) atoms. The number of amides is 1. The second kappa shape index (κ2) is 8.08. The van der Waals surface area contributed by atoms with Gasteiger partial charge in [0.15, 0.2) is 0 Å². The van der Waals surface area contributed by atoms with Gasteiger partial charge in [-0.1, -0.05) is 0 Å². The average Bonchev–Trinajstić information content (AvgIpc) is 3.30. The highest BCUT2D eigenvalue weighted by molar-refractivity contribution is 7.11. The maximum Gasteiger partial charge on any atom is 0.293 e. The molecule has 0 unspecified atom stereocenters. The van der Waals surface area contributed by atoms with Crippen LogP contribution in [-0.4, -0.2) is 34.9 Å². The van der Waals surface area contributed by atoms with Gasteiger partial charge in [0, 0.05) is 40.5 Å². The molecule has 3 rings (SSSR count). The molecule has 144 valence electrons. The number of carbonyl (C=O) groups excluding carboxylic acids is 1. The molecule has 1 fully saturated rings. The SMILES string of the molecule is Cc1ccc(CN(C(=O)c2ccc(N3CCCC3)c([N+](=O)[O-])c2)C(C)C)s1. The smallest absolute Gasteiger partial charge is 0.293 e. The molecule has 7 heteroatoms. The van der Waals surface area contributed by atoms with Gasteiger partial charge in [0.1, 0.15) is 5.69 Å². The van der Waals surface area contributed by atoms with Crippen LogP contribution >= 0.6 is 11.3 Å². The van der Waals surface area contributed by atoms with E-state index in [1.807, 2.05) is 37.8 Å². The molecule has 1 aromatic carbocycles. The van der Waals surface area contributed by atoms with Crippen LogP contribution < -0.4 is 4.90 Å². The van der Waals surface area contributed by atoms with Crippen molar-refractivity contribution in [2.75, 3.05) is 18.0 Å². The van der Waals surface area contributed by atoms with Gasteiger partial charge in [-0.25, -0.2) is 0 Å². The number of hydrogen-bond donors (Lipinski definition) is 0. The minimum absolute atomic E-state index is 0.00257. The van der Waals surface area contributed by atoms with Crippen molar-refractivity contribution in [1.82, 2.24) is 4.90 Å². The predicted molar refractivity (Wildman–Crippen MR) is 109 cm³/mol. The maximum atomic E-state index is 13.1. The number of nitro groups is 1. The molecule has 1 aliphatic heterocycles. The summed E-state index contributed by atoms with van der Waals surface area (Å²) in [6.45, 7) is 8.12. The molecule has 0 spiro atoms. The summed E-state index contributed by atoms with van der Waals surface area (Å²) >= 11 is 1.66. The van der Waals surface area contributed by atoms with Gasteiger partial charge >= 0.3 is 0 Å². The number of benzene rings is 1. The summed E-state index contributed by atoms with van der Waals surface area (Å²) in [6.07, 6.45) is 2.08. The second-order valence-electron chi connectivity index (χ2n) is 7.19. The summed E-state index contributed by atoms with van der Waals surface area (Å²) < 4.78 is 0. The van der Waals surface area contributed by atoms with Crippen molar-refractivity contribution in [2.45, 2.75) is 46.2 Å². The number of thiophene rings is 1. The molecule has 0 atom stereocenters. The average molecular weight is 388 g/mol. The van der Waals surface area contributed by atoms with Crippen LogP contribution in [0, 0.1) is 17.0 Å². The third-order valence-corrected chi connectivity index (χ3v) is 5.86. The third-order valence-electron chi connectivity index (χ3n) is 4.87. The van der Waals surface area contributed by atoms with E-state index in [9.17, 15) is 14.9 Å². The highest BCUT2D eigenvalue weighted by atomic mass is 32.1. The Morgan fingerprint density at radius 3 is 2.52 bits per heavy atom. The summed E-state index contributed by atoms with van der Waals surface area (Å²) in [4.78, 5) is 30.4. The second-order valence-corrected chi connectivity index (χ2v) is 8.57. The standard InChI is InChI=1S/C20H25N3O3S/c1-14(2)22(13-17-8-6-15(3)27-17)20(24)16-7-9-18(19(12-16)23(25)26)21-10-4-5-11-21/h6-9,12,14H,4-5,10-11,13H2,1-3H3. The van der Waals surface area contributed by atoms with E-state index in [1.54, 1.807) is 28.4 Å². The number of nitro benzene ring substituents is 1. The minimum atomic E-state index is -0.382. The first kappa shape index (κ1) is 19.4. The van der Waals surface area contributed by atoms with Gasteiger partial charge in [0.05, 0.1) is 11.5 Å². The zero-order chi connectivity index (χ0) is 19.6. The van der Waals surface area contributed by atoms with Crippen molar-refractivity contribution in [1.29, 1.82) is 0 Å². The highest BCUT2D eigenvalue weighted by Gasteiger charge is 2.26. The van der Waals surface area contributed by atoms with Gasteiger partial charge in [0.25, 0.3) is 11.6 Å². The van der Waals surface area contributed by atoms with E-state index < -0.39 is 0 Å². The van der Waals surface area contributed by atoms with Gasteiger partial charge in [-0.15, -0.1) is 11.3 Å². The van der Waals surface area contributed by atoms with Crippen LogP contribution in [0.4, 0.5) is 11.4 Å². The number of aryl methyl sites for hydroxylation is 1. The molecule has 0 bridgehead atoms. The molecule has 2 heterocycles. The summed E-state index contributed by atoms with van der Waals surface area (Å²) in [5.41, 5.74) is 0.990. The van der Waals surface area contributed by atoms with E-state index in [1.165, 1.54) is 10.9 Å². The summed E-state index contributed by atoms with van der Waals surface area (Å²) in [6, 6.07) is 8.95. The molecule has 1 aliphatic rings. The molecule has 0 aliphatic carbocycles. The lowest BCUT2D eigenvalue weighted by atomic mass is 10.1. The molecule has 0 saturated carbocycles. The largest absolute Gasteiger partial charge is 0.366 e. The molecule has 6 nitrogen and oxygen atoms in total. The zero-order valence-corrected chi connectivity index (χ0v) is 16.8. The van der Waals surface area contributed by atoms with E-state index in [-0.39, 0.29) is 22.6 Å². The van der Waals surface area contributed by atoms with Crippen LogP contribution in [0.15, 0.2) is 30.3 Å². The lowest BCUT2D eigenvalue weighted by Crippen LogP contribution is -2.36. The Labute approximate surface area is 163 Å². The Morgan fingerprint density at radius 2 is 1.96 bits per heavy atom. The van der Waals surface area contributed by atoms with E-state index >= 15 is 0 Å². The zero-order valence-electron chi connectivity index (χ0n) is 16.0. The van der Waals surface area contributed by atoms with Gasteiger partial charge in [0.2, 0.25) is 0 Å². The minimum Gasteiger partial charge on any atom is -0.366 e. The number of rotatable bonds is 6. The Kier molecular flexibility index (Phi) is 5.79. The van der Waals surface area contributed by atoms with E-state index in [4.69, 9.17) is 0 Å². The van der Waals surface area contributed by atoms with Crippen LogP contribution in [0.1, 0.15) is 46.8 Å². The number of hydrogen-bond acceptors (Lipinski definition) is 5. The molecule has 1 aromatic heterocycles. The first-order valence-electron chi connectivity index (χ1n) is 9.26. The van der Waals surface area contributed by atoms with E-state index in [0.717, 1.165) is 30.8 Å². The van der Waals surface area contributed by atoms with Gasteiger partial charge in [-0.2, -0.15) is 0 Å². The lowest BCUT2D eigenvalue weighted by molar-refractivity contribution is -0.384. The van der Waals surface area contributed by atoms with Crippen molar-refractivity contribution in [3.8, 4) is 0 Å². The van der Waals surface area contributed by atoms with Crippen molar-refractivity contribution in [3.63, 3.8) is 0 Å². The van der Waals surface area contributed by atoms with Crippen LogP contribution in [0.2, 0.25) is 0 Å². The van der Waals surface area contributed by atoms with E-state index in [0.29, 0.717) is 17.8 Å². The lowest BCUT2D eigenvalue weighted by Gasteiger charge is -2.26. The van der Waals surface area contributed by atoms with Crippen LogP contribution in [0.25, 0.3) is 0 Å². The van der Waals surface area contributed by atoms with Crippen molar-refractivity contribution < 1.29 is 9.72 Å². The fourth-order valence-corrected chi connectivity index (χ4v) is 4.31. The Bertz CT molecular complexity index is 841. The first-order chi connectivity index (χ1) is 12.9. The van der Waals surface area contributed by atoms with Crippen molar-refractivity contribution >= 4 is 28.6 Å². The van der Waals surface area contributed by atoms with E-state index in [2.05, 4.69) is 0 Å². The summed E-state index contributed by atoms with van der Waals surface area (Å²) in [5, 5.41) is 11.6. The van der Waals surface area contributed by atoms with Gasteiger partial charge < -0.3 is 9.80 Å². The van der Waals surface area contributed by atoms with Gasteiger partial charge in [-0.05, 0) is 57.9 Å². The molecular weight excluding hydrogens is 362 g/mol. The predicted octanol–water partition coefficient (Wildman–Crippen LogP) is 4.62. The number of anilines is 1. The molecular formula is C20H25N3O3S. The normalized spacial score (nSPS) is 14.0. The van der Waals surface area contributed by atoms with Crippen molar-refractivity contribution in [2.24, 2.45) is 0 Å². The summed E-state index contributed by atoms with van der Waals surface area (Å²) in [7, 11) is 0. The first-order valence-corrected chi connectivity index (χ1v) is 10.1. The Morgan fingerprint density at radius 1 is 1.26 bits per heavy atom. The van der Waals surface area contributed by atoms with Gasteiger partial charge in [-0.3, -0.25) is 14.9 Å². The molecule has 0 radical (unpaired) electrons. The fraction of sp³-hybridized carbons (Fsp3) is 0.450.